The summed E-state index contributed by atoms with van der Waals surface area (Å²) in [5.74, 6) is 0.924. The van der Waals surface area contributed by atoms with Crippen molar-refractivity contribution in [3.8, 4) is 0 Å². The van der Waals surface area contributed by atoms with Crippen molar-refractivity contribution in [2.75, 3.05) is 39.5 Å². The third kappa shape index (κ3) is 4.44. The zero-order valence-corrected chi connectivity index (χ0v) is 8.87. The molecule has 3 heteroatoms. The second-order valence-electron chi connectivity index (χ2n) is 3.32. The van der Waals surface area contributed by atoms with Crippen LogP contribution >= 0.6 is 0 Å². The summed E-state index contributed by atoms with van der Waals surface area (Å²) in [7, 11) is 0. The Morgan fingerprint density at radius 2 is 2.21 bits per heavy atom. The first kappa shape index (κ1) is 11.3. The Bertz CT molecular complexity index is 195. The summed E-state index contributed by atoms with van der Waals surface area (Å²) in [6.07, 6.45) is 3.61. The van der Waals surface area contributed by atoms with Gasteiger partial charge in [-0.25, -0.2) is 0 Å². The maximum absolute atomic E-state index is 5.49. The van der Waals surface area contributed by atoms with Crippen LogP contribution in [0.3, 0.4) is 0 Å². The number of hydrogen-bond donors (Lipinski definition) is 0. The van der Waals surface area contributed by atoms with Crippen molar-refractivity contribution < 1.29 is 9.47 Å². The lowest BCUT2D eigenvalue weighted by Gasteiger charge is -2.26. The molecule has 0 N–H and O–H groups in total. The summed E-state index contributed by atoms with van der Waals surface area (Å²) in [6.45, 7) is 11.0. The zero-order chi connectivity index (χ0) is 10.2. The topological polar surface area (TPSA) is 21.7 Å². The predicted molar refractivity (Wildman–Crippen MR) is 57.2 cm³/mol. The van der Waals surface area contributed by atoms with E-state index in [1.54, 1.807) is 6.08 Å². The highest BCUT2D eigenvalue weighted by Gasteiger charge is 2.09. The Balaban J connectivity index is 2.07. The summed E-state index contributed by atoms with van der Waals surface area (Å²) in [6, 6.07) is 0. The molecule has 80 valence electrons. The van der Waals surface area contributed by atoms with Crippen molar-refractivity contribution in [1.29, 1.82) is 0 Å². The first-order valence-corrected chi connectivity index (χ1v) is 5.05. The molecular formula is C11H19NO2. The number of allylic oxidation sites excluding steroid dienone is 3. The SMILES string of the molecule is C=CC=C(C)OCCN1CCOCC1. The number of morpholine rings is 1. The van der Waals surface area contributed by atoms with Crippen molar-refractivity contribution in [3.05, 3.63) is 24.5 Å². The quantitative estimate of drug-likeness (QED) is 0.491. The van der Waals surface area contributed by atoms with E-state index in [0.29, 0.717) is 0 Å². The number of nitrogens with zero attached hydrogens (tertiary/aromatic N) is 1. The van der Waals surface area contributed by atoms with Gasteiger partial charge in [0, 0.05) is 19.6 Å². The molecule has 0 unspecified atom stereocenters. The van der Waals surface area contributed by atoms with Crippen LogP contribution in [0.5, 0.6) is 0 Å². The lowest BCUT2D eigenvalue weighted by Crippen LogP contribution is -2.38. The smallest absolute Gasteiger partial charge is 0.100 e. The van der Waals surface area contributed by atoms with Gasteiger partial charge in [-0.05, 0) is 13.0 Å². The molecule has 0 radical (unpaired) electrons. The largest absolute Gasteiger partial charge is 0.497 e. The van der Waals surface area contributed by atoms with Crippen LogP contribution in [-0.2, 0) is 9.47 Å². The Morgan fingerprint density at radius 1 is 1.50 bits per heavy atom. The van der Waals surface area contributed by atoms with Crippen LogP contribution in [0.25, 0.3) is 0 Å². The Hall–Kier alpha value is -0.800. The summed E-state index contributed by atoms with van der Waals surface area (Å²) >= 11 is 0. The van der Waals surface area contributed by atoms with E-state index in [0.717, 1.165) is 45.2 Å². The van der Waals surface area contributed by atoms with Gasteiger partial charge in [0.15, 0.2) is 0 Å². The van der Waals surface area contributed by atoms with Gasteiger partial charge in [0.1, 0.15) is 6.61 Å². The molecule has 0 amide bonds. The summed E-state index contributed by atoms with van der Waals surface area (Å²) < 4.78 is 10.8. The summed E-state index contributed by atoms with van der Waals surface area (Å²) in [5, 5.41) is 0. The molecule has 1 aliphatic heterocycles. The van der Waals surface area contributed by atoms with E-state index in [-0.39, 0.29) is 0 Å². The molecule has 0 aromatic heterocycles. The number of hydrogen-bond acceptors (Lipinski definition) is 3. The van der Waals surface area contributed by atoms with E-state index < -0.39 is 0 Å². The van der Waals surface area contributed by atoms with Crippen molar-refractivity contribution in [1.82, 2.24) is 4.90 Å². The van der Waals surface area contributed by atoms with Crippen LogP contribution in [0.1, 0.15) is 6.92 Å². The fourth-order valence-corrected chi connectivity index (χ4v) is 1.37. The summed E-state index contributed by atoms with van der Waals surface area (Å²) in [4.78, 5) is 2.35. The fraction of sp³-hybridized carbons (Fsp3) is 0.636. The lowest BCUT2D eigenvalue weighted by atomic mass is 10.4. The third-order valence-electron chi connectivity index (χ3n) is 2.19. The van der Waals surface area contributed by atoms with Crippen LogP contribution in [0.4, 0.5) is 0 Å². The molecule has 1 heterocycles. The highest BCUT2D eigenvalue weighted by Crippen LogP contribution is 1.99. The van der Waals surface area contributed by atoms with E-state index in [2.05, 4.69) is 11.5 Å². The Kier molecular flexibility index (Phi) is 5.33. The van der Waals surface area contributed by atoms with Crippen molar-refractivity contribution in [2.45, 2.75) is 6.92 Å². The molecular weight excluding hydrogens is 178 g/mol. The normalized spacial score (nSPS) is 19.4. The summed E-state index contributed by atoms with van der Waals surface area (Å²) in [5.41, 5.74) is 0. The second-order valence-corrected chi connectivity index (χ2v) is 3.32. The predicted octanol–water partition coefficient (Wildman–Crippen LogP) is 1.43. The van der Waals surface area contributed by atoms with Gasteiger partial charge < -0.3 is 9.47 Å². The molecule has 0 aromatic carbocycles. The minimum Gasteiger partial charge on any atom is -0.497 e. The molecule has 1 fully saturated rings. The van der Waals surface area contributed by atoms with Gasteiger partial charge in [0.25, 0.3) is 0 Å². The molecule has 3 nitrogen and oxygen atoms in total. The van der Waals surface area contributed by atoms with Crippen molar-refractivity contribution in [2.24, 2.45) is 0 Å². The van der Waals surface area contributed by atoms with Crippen LogP contribution in [0.15, 0.2) is 24.5 Å². The van der Waals surface area contributed by atoms with Gasteiger partial charge in [0.2, 0.25) is 0 Å². The van der Waals surface area contributed by atoms with Crippen molar-refractivity contribution >= 4 is 0 Å². The third-order valence-corrected chi connectivity index (χ3v) is 2.19. The number of rotatable bonds is 5. The molecule has 0 aliphatic carbocycles. The van der Waals surface area contributed by atoms with Crippen LogP contribution in [0, 0.1) is 0 Å². The molecule has 0 saturated carbocycles. The minimum atomic E-state index is 0.746. The first-order chi connectivity index (χ1) is 6.83. The van der Waals surface area contributed by atoms with E-state index in [9.17, 15) is 0 Å². The van der Waals surface area contributed by atoms with E-state index >= 15 is 0 Å². The second kappa shape index (κ2) is 6.62. The number of ether oxygens (including phenoxy) is 2. The molecule has 0 bridgehead atoms. The van der Waals surface area contributed by atoms with E-state index in [4.69, 9.17) is 9.47 Å². The standard InChI is InChI=1S/C11H19NO2/c1-3-4-11(2)14-10-7-12-5-8-13-9-6-12/h3-4H,1,5-10H2,2H3. The molecule has 0 aromatic rings. The van der Waals surface area contributed by atoms with Gasteiger partial charge in [-0.2, -0.15) is 0 Å². The molecule has 14 heavy (non-hydrogen) atoms. The molecule has 1 saturated heterocycles. The maximum Gasteiger partial charge on any atom is 0.100 e. The molecule has 1 aliphatic rings. The minimum absolute atomic E-state index is 0.746. The Morgan fingerprint density at radius 3 is 2.86 bits per heavy atom. The van der Waals surface area contributed by atoms with Gasteiger partial charge in [0.05, 0.1) is 19.0 Å². The maximum atomic E-state index is 5.49. The first-order valence-electron chi connectivity index (χ1n) is 5.05. The van der Waals surface area contributed by atoms with Gasteiger partial charge >= 0.3 is 0 Å². The van der Waals surface area contributed by atoms with E-state index in [1.165, 1.54) is 0 Å². The zero-order valence-electron chi connectivity index (χ0n) is 8.87. The average Bonchev–Trinajstić information content (AvgIpc) is 2.20. The van der Waals surface area contributed by atoms with Gasteiger partial charge in [-0.1, -0.05) is 12.7 Å². The molecule has 0 atom stereocenters. The Labute approximate surface area is 86.0 Å². The lowest BCUT2D eigenvalue weighted by molar-refractivity contribution is 0.0276. The highest BCUT2D eigenvalue weighted by atomic mass is 16.5. The van der Waals surface area contributed by atoms with Crippen molar-refractivity contribution in [3.63, 3.8) is 0 Å². The van der Waals surface area contributed by atoms with E-state index in [1.807, 2.05) is 13.0 Å². The van der Waals surface area contributed by atoms with Gasteiger partial charge in [-0.3, -0.25) is 4.90 Å². The van der Waals surface area contributed by atoms with Gasteiger partial charge in [-0.15, -0.1) is 0 Å². The monoisotopic (exact) mass is 197 g/mol. The highest BCUT2D eigenvalue weighted by molar-refractivity contribution is 5.01. The molecule has 0 spiro atoms. The fourth-order valence-electron chi connectivity index (χ4n) is 1.37. The molecule has 1 rings (SSSR count). The van der Waals surface area contributed by atoms with Crippen LogP contribution in [-0.4, -0.2) is 44.4 Å². The van der Waals surface area contributed by atoms with Crippen LogP contribution < -0.4 is 0 Å². The average molecular weight is 197 g/mol. The van der Waals surface area contributed by atoms with Crippen LogP contribution in [0.2, 0.25) is 0 Å².